The van der Waals surface area contributed by atoms with Gasteiger partial charge in [0.25, 0.3) is 0 Å². The van der Waals surface area contributed by atoms with Crippen LogP contribution < -0.4 is 4.74 Å². The van der Waals surface area contributed by atoms with Crippen LogP contribution in [0.4, 0.5) is 0 Å². The van der Waals surface area contributed by atoms with E-state index in [0.717, 1.165) is 16.9 Å². The fraction of sp³-hybridized carbons (Fsp3) is 0.429. The van der Waals surface area contributed by atoms with Crippen LogP contribution in [0.25, 0.3) is 0 Å². The zero-order valence-corrected chi connectivity index (χ0v) is 16.4. The van der Waals surface area contributed by atoms with E-state index in [2.05, 4.69) is 4.90 Å². The van der Waals surface area contributed by atoms with Crippen molar-refractivity contribution in [3.8, 4) is 5.75 Å². The van der Waals surface area contributed by atoms with Gasteiger partial charge in [-0.05, 0) is 31.0 Å². The van der Waals surface area contributed by atoms with Crippen molar-refractivity contribution in [1.29, 1.82) is 0 Å². The molecule has 6 heteroatoms. The zero-order valence-electron chi connectivity index (χ0n) is 15.6. The number of hydrogen-bond donors (Lipinski definition) is 1. The molecule has 0 amide bonds. The van der Waals surface area contributed by atoms with Gasteiger partial charge < -0.3 is 9.84 Å². The fourth-order valence-electron chi connectivity index (χ4n) is 3.37. The first-order valence-electron chi connectivity index (χ1n) is 9.27. The van der Waals surface area contributed by atoms with Crippen molar-refractivity contribution in [2.45, 2.75) is 32.0 Å². The van der Waals surface area contributed by atoms with E-state index < -0.39 is 15.9 Å². The molecule has 2 aromatic rings. The summed E-state index contributed by atoms with van der Waals surface area (Å²) in [5, 5.41) is 10.5. The first-order valence-corrected chi connectivity index (χ1v) is 11.1. The van der Waals surface area contributed by atoms with Crippen molar-refractivity contribution in [3.63, 3.8) is 0 Å². The summed E-state index contributed by atoms with van der Waals surface area (Å²) in [7, 11) is -2.98. The van der Waals surface area contributed by atoms with Crippen molar-refractivity contribution in [2.75, 3.05) is 24.7 Å². The van der Waals surface area contributed by atoms with Crippen molar-refractivity contribution in [3.05, 3.63) is 65.7 Å². The van der Waals surface area contributed by atoms with Gasteiger partial charge in [0.1, 0.15) is 18.5 Å². The first kappa shape index (κ1) is 19.9. The number of sulfone groups is 1. The second-order valence-electron chi connectivity index (χ2n) is 7.25. The normalized spacial score (nSPS) is 19.9. The predicted molar refractivity (Wildman–Crippen MR) is 107 cm³/mol. The van der Waals surface area contributed by atoms with Crippen molar-refractivity contribution < 1.29 is 18.3 Å². The number of rotatable bonds is 8. The Bertz CT molecular complexity index is 821. The molecule has 1 heterocycles. The molecule has 0 bridgehead atoms. The SMILES string of the molecule is Cc1ccc(OCC(O)CN(Cc2ccccc2)C2CCS(=O)(=O)C2)cc1. The van der Waals surface area contributed by atoms with E-state index in [9.17, 15) is 13.5 Å². The molecule has 146 valence electrons. The van der Waals surface area contributed by atoms with Crippen molar-refractivity contribution in [2.24, 2.45) is 0 Å². The Hall–Kier alpha value is -1.89. The third-order valence-electron chi connectivity index (χ3n) is 4.86. The van der Waals surface area contributed by atoms with Gasteiger partial charge in [0.2, 0.25) is 0 Å². The van der Waals surface area contributed by atoms with Crippen molar-refractivity contribution in [1.82, 2.24) is 4.90 Å². The van der Waals surface area contributed by atoms with Gasteiger partial charge in [0, 0.05) is 19.1 Å². The fourth-order valence-corrected chi connectivity index (χ4v) is 5.14. The van der Waals surface area contributed by atoms with Crippen LogP contribution in [0.3, 0.4) is 0 Å². The molecule has 0 aliphatic carbocycles. The summed E-state index contributed by atoms with van der Waals surface area (Å²) in [6, 6.07) is 17.6. The summed E-state index contributed by atoms with van der Waals surface area (Å²) < 4.78 is 29.5. The Balaban J connectivity index is 1.62. The first-order chi connectivity index (χ1) is 12.9. The molecule has 1 aliphatic rings. The highest BCUT2D eigenvalue weighted by atomic mass is 32.2. The smallest absolute Gasteiger partial charge is 0.151 e. The molecule has 1 saturated heterocycles. The van der Waals surface area contributed by atoms with Crippen LogP contribution in [0.5, 0.6) is 5.75 Å². The minimum atomic E-state index is -2.98. The van der Waals surface area contributed by atoms with E-state index >= 15 is 0 Å². The lowest BCUT2D eigenvalue weighted by atomic mass is 10.1. The monoisotopic (exact) mass is 389 g/mol. The van der Waals surface area contributed by atoms with Gasteiger partial charge >= 0.3 is 0 Å². The standard InChI is InChI=1S/C21H27NO4S/c1-17-7-9-21(10-8-17)26-15-20(23)14-22(13-18-5-3-2-4-6-18)19-11-12-27(24,25)16-19/h2-10,19-20,23H,11-16H2,1H3. The summed E-state index contributed by atoms with van der Waals surface area (Å²) >= 11 is 0. The van der Waals surface area contributed by atoms with Crippen LogP contribution >= 0.6 is 0 Å². The number of aliphatic hydroxyl groups is 1. The molecule has 0 aromatic heterocycles. The minimum Gasteiger partial charge on any atom is -0.491 e. The molecule has 0 radical (unpaired) electrons. The van der Waals surface area contributed by atoms with Crippen LogP contribution in [0.1, 0.15) is 17.5 Å². The Morgan fingerprint density at radius 1 is 1.15 bits per heavy atom. The molecule has 5 nitrogen and oxygen atoms in total. The van der Waals surface area contributed by atoms with Crippen LogP contribution in [0, 0.1) is 6.92 Å². The van der Waals surface area contributed by atoms with Gasteiger partial charge in [-0.2, -0.15) is 0 Å². The predicted octanol–water partition coefficient (Wildman–Crippen LogP) is 2.42. The van der Waals surface area contributed by atoms with Crippen LogP contribution in [0.15, 0.2) is 54.6 Å². The van der Waals surface area contributed by atoms with E-state index in [1.165, 1.54) is 0 Å². The van der Waals surface area contributed by atoms with Gasteiger partial charge in [-0.1, -0.05) is 48.0 Å². The van der Waals surface area contributed by atoms with E-state index in [4.69, 9.17) is 4.74 Å². The average molecular weight is 390 g/mol. The van der Waals surface area contributed by atoms with Gasteiger partial charge in [-0.25, -0.2) is 8.42 Å². The largest absolute Gasteiger partial charge is 0.491 e. The number of benzene rings is 2. The minimum absolute atomic E-state index is 0.0655. The maximum Gasteiger partial charge on any atom is 0.151 e. The third-order valence-corrected chi connectivity index (χ3v) is 6.61. The maximum absolute atomic E-state index is 11.9. The highest BCUT2D eigenvalue weighted by Crippen LogP contribution is 2.21. The van der Waals surface area contributed by atoms with Gasteiger partial charge in [0.05, 0.1) is 11.5 Å². The zero-order chi connectivity index (χ0) is 19.3. The van der Waals surface area contributed by atoms with Gasteiger partial charge in [0.15, 0.2) is 9.84 Å². The molecule has 0 saturated carbocycles. The number of aliphatic hydroxyl groups excluding tert-OH is 1. The number of aryl methyl sites for hydroxylation is 1. The van der Waals surface area contributed by atoms with Crippen LogP contribution in [-0.4, -0.2) is 55.2 Å². The molecule has 0 spiro atoms. The van der Waals surface area contributed by atoms with E-state index in [1.54, 1.807) is 0 Å². The Morgan fingerprint density at radius 2 is 1.85 bits per heavy atom. The second kappa shape index (κ2) is 8.87. The molecule has 1 aliphatic heterocycles. The topological polar surface area (TPSA) is 66.8 Å². The summed E-state index contributed by atoms with van der Waals surface area (Å²) in [4.78, 5) is 2.07. The van der Waals surface area contributed by atoms with E-state index in [0.29, 0.717) is 19.5 Å². The molecule has 3 rings (SSSR count). The second-order valence-corrected chi connectivity index (χ2v) is 9.48. The lowest BCUT2D eigenvalue weighted by Gasteiger charge is -2.30. The average Bonchev–Trinajstić information content (AvgIpc) is 3.01. The van der Waals surface area contributed by atoms with Gasteiger partial charge in [-0.3, -0.25) is 4.90 Å². The molecule has 1 fully saturated rings. The Kier molecular flexibility index (Phi) is 6.52. The molecule has 2 atom stereocenters. The number of nitrogens with zero attached hydrogens (tertiary/aromatic N) is 1. The molecule has 2 aromatic carbocycles. The van der Waals surface area contributed by atoms with Crippen molar-refractivity contribution >= 4 is 9.84 Å². The molecular weight excluding hydrogens is 362 g/mol. The summed E-state index contributed by atoms with van der Waals surface area (Å²) in [5.41, 5.74) is 2.26. The highest BCUT2D eigenvalue weighted by molar-refractivity contribution is 7.91. The molecule has 2 unspecified atom stereocenters. The van der Waals surface area contributed by atoms with Crippen LogP contribution in [-0.2, 0) is 16.4 Å². The quantitative estimate of drug-likeness (QED) is 0.751. The lowest BCUT2D eigenvalue weighted by molar-refractivity contribution is 0.0525. The lowest BCUT2D eigenvalue weighted by Crippen LogP contribution is -2.42. The summed E-state index contributed by atoms with van der Waals surface area (Å²) in [6.07, 6.45) is -0.0842. The molecular formula is C21H27NO4S. The summed E-state index contributed by atoms with van der Waals surface area (Å²) in [6.45, 7) is 3.17. The Morgan fingerprint density at radius 3 is 2.48 bits per heavy atom. The van der Waals surface area contributed by atoms with E-state index in [-0.39, 0.29) is 24.2 Å². The maximum atomic E-state index is 11.9. The highest BCUT2D eigenvalue weighted by Gasteiger charge is 2.33. The molecule has 1 N–H and O–H groups in total. The summed E-state index contributed by atoms with van der Waals surface area (Å²) in [5.74, 6) is 1.10. The van der Waals surface area contributed by atoms with Crippen LogP contribution in [0.2, 0.25) is 0 Å². The Labute approximate surface area is 161 Å². The number of hydrogen-bond acceptors (Lipinski definition) is 5. The molecule has 27 heavy (non-hydrogen) atoms. The van der Waals surface area contributed by atoms with E-state index in [1.807, 2.05) is 61.5 Å². The number of ether oxygens (including phenoxy) is 1. The van der Waals surface area contributed by atoms with Gasteiger partial charge in [-0.15, -0.1) is 0 Å². The third kappa shape index (κ3) is 6.06.